The summed E-state index contributed by atoms with van der Waals surface area (Å²) in [5.74, 6) is 0.471. The van der Waals surface area contributed by atoms with Crippen molar-refractivity contribution in [3.05, 3.63) is 21.9 Å². The topological polar surface area (TPSA) is 58.6 Å². The monoisotopic (exact) mass is 352 g/mol. The van der Waals surface area contributed by atoms with Crippen LogP contribution in [0.15, 0.2) is 12.1 Å². The molecule has 134 valence electrons. The lowest BCUT2D eigenvalue weighted by molar-refractivity contribution is 0.00192. The molecule has 1 amide bonds. The first-order valence-corrected chi connectivity index (χ1v) is 9.59. The number of hydrogen-bond acceptors (Lipinski definition) is 5. The van der Waals surface area contributed by atoms with Crippen LogP contribution >= 0.6 is 11.3 Å². The molecular weight excluding hydrogens is 324 g/mol. The lowest BCUT2D eigenvalue weighted by Gasteiger charge is -2.38. The van der Waals surface area contributed by atoms with Gasteiger partial charge in [-0.05, 0) is 25.0 Å². The Balaban J connectivity index is 1.99. The minimum Gasteiger partial charge on any atom is -0.379 e. The van der Waals surface area contributed by atoms with E-state index in [1.165, 1.54) is 18.3 Å². The molecule has 5 nitrogen and oxygen atoms in total. The highest BCUT2D eigenvalue weighted by Gasteiger charge is 2.27. The molecule has 0 aromatic carbocycles. The van der Waals surface area contributed by atoms with Crippen molar-refractivity contribution in [1.29, 1.82) is 0 Å². The first kappa shape index (κ1) is 19.1. The highest BCUT2D eigenvalue weighted by Crippen LogP contribution is 2.21. The second-order valence-electron chi connectivity index (χ2n) is 6.22. The fourth-order valence-corrected chi connectivity index (χ4v) is 4.09. The lowest BCUT2D eigenvalue weighted by Crippen LogP contribution is -2.52. The predicted molar refractivity (Wildman–Crippen MR) is 96.9 cm³/mol. The fourth-order valence-electron chi connectivity index (χ4n) is 3.27. The first-order valence-electron chi connectivity index (χ1n) is 8.77. The van der Waals surface area contributed by atoms with Gasteiger partial charge in [0.05, 0.1) is 23.0 Å². The summed E-state index contributed by atoms with van der Waals surface area (Å²) < 4.78 is 5.46. The number of ether oxygens (including phenoxy) is 1. The summed E-state index contributed by atoms with van der Waals surface area (Å²) in [4.78, 5) is 27.5. The molecule has 1 N–H and O–H groups in total. The Bertz CT molecular complexity index is 548. The number of nitrogens with zero attached hydrogens (tertiary/aromatic N) is 1. The van der Waals surface area contributed by atoms with E-state index < -0.39 is 0 Å². The summed E-state index contributed by atoms with van der Waals surface area (Å²) >= 11 is 1.26. The van der Waals surface area contributed by atoms with Gasteiger partial charge in [-0.15, -0.1) is 11.3 Å². The van der Waals surface area contributed by atoms with Crippen LogP contribution in [-0.4, -0.2) is 55.5 Å². The third kappa shape index (κ3) is 4.88. The SMILES string of the molecule is CCC(CC)C(CNC(=O)c1ccc(C(C)=O)s1)N1CCOCC1. The van der Waals surface area contributed by atoms with E-state index in [1.54, 1.807) is 12.1 Å². The molecule has 1 saturated heterocycles. The molecule has 0 spiro atoms. The number of Topliss-reactive ketones (excluding diaryl/α,β-unsaturated/α-hetero) is 1. The van der Waals surface area contributed by atoms with E-state index >= 15 is 0 Å². The second kappa shape index (κ2) is 9.30. The summed E-state index contributed by atoms with van der Waals surface area (Å²) in [7, 11) is 0. The van der Waals surface area contributed by atoms with Crippen molar-refractivity contribution in [2.24, 2.45) is 5.92 Å². The Morgan fingerprint density at radius 3 is 2.38 bits per heavy atom. The van der Waals surface area contributed by atoms with Crippen LogP contribution in [0.3, 0.4) is 0 Å². The lowest BCUT2D eigenvalue weighted by atomic mass is 9.92. The third-order valence-corrected chi connectivity index (χ3v) is 5.94. The van der Waals surface area contributed by atoms with E-state index in [1.807, 2.05) is 0 Å². The van der Waals surface area contributed by atoms with Gasteiger partial charge in [0, 0.05) is 25.7 Å². The van der Waals surface area contributed by atoms with Crippen LogP contribution in [0, 0.1) is 5.92 Å². The third-order valence-electron chi connectivity index (χ3n) is 4.76. The maximum Gasteiger partial charge on any atom is 0.261 e. The molecule has 1 atom stereocenters. The number of hydrogen-bond donors (Lipinski definition) is 1. The molecule has 24 heavy (non-hydrogen) atoms. The fraction of sp³-hybridized carbons (Fsp3) is 0.667. The molecule has 1 aromatic rings. The molecule has 1 unspecified atom stereocenters. The van der Waals surface area contributed by atoms with Crippen molar-refractivity contribution >= 4 is 23.0 Å². The van der Waals surface area contributed by atoms with Gasteiger partial charge in [-0.25, -0.2) is 0 Å². The van der Waals surface area contributed by atoms with Gasteiger partial charge in [0.15, 0.2) is 5.78 Å². The van der Waals surface area contributed by atoms with Gasteiger partial charge in [0.25, 0.3) is 5.91 Å². The number of morpholine rings is 1. The highest BCUT2D eigenvalue weighted by atomic mass is 32.1. The van der Waals surface area contributed by atoms with Crippen LogP contribution in [0.25, 0.3) is 0 Å². The van der Waals surface area contributed by atoms with Crippen molar-refractivity contribution in [2.45, 2.75) is 39.7 Å². The molecular formula is C18H28N2O3S. The van der Waals surface area contributed by atoms with Gasteiger partial charge in [-0.3, -0.25) is 14.5 Å². The summed E-state index contributed by atoms with van der Waals surface area (Å²) in [5.41, 5.74) is 0. The van der Waals surface area contributed by atoms with E-state index in [4.69, 9.17) is 4.74 Å². The summed E-state index contributed by atoms with van der Waals surface area (Å²) in [6.07, 6.45) is 2.20. The second-order valence-corrected chi connectivity index (χ2v) is 7.31. The molecule has 1 aliphatic rings. The van der Waals surface area contributed by atoms with Crippen molar-refractivity contribution in [3.63, 3.8) is 0 Å². The van der Waals surface area contributed by atoms with E-state index in [9.17, 15) is 9.59 Å². The van der Waals surface area contributed by atoms with Crippen molar-refractivity contribution in [1.82, 2.24) is 10.2 Å². The number of carbonyl (C=O) groups is 2. The van der Waals surface area contributed by atoms with E-state index in [2.05, 4.69) is 24.1 Å². The van der Waals surface area contributed by atoms with Crippen molar-refractivity contribution < 1.29 is 14.3 Å². The predicted octanol–water partition coefficient (Wildman–Crippen LogP) is 2.82. The van der Waals surface area contributed by atoms with Gasteiger partial charge >= 0.3 is 0 Å². The number of ketones is 1. The van der Waals surface area contributed by atoms with E-state index in [-0.39, 0.29) is 11.7 Å². The Morgan fingerprint density at radius 1 is 1.21 bits per heavy atom. The first-order chi connectivity index (χ1) is 11.6. The van der Waals surface area contributed by atoms with Crippen molar-refractivity contribution in [2.75, 3.05) is 32.8 Å². The number of rotatable bonds is 8. The molecule has 6 heteroatoms. The Morgan fingerprint density at radius 2 is 1.83 bits per heavy atom. The van der Waals surface area contributed by atoms with Crippen LogP contribution in [0.2, 0.25) is 0 Å². The molecule has 1 aliphatic heterocycles. The van der Waals surface area contributed by atoms with Crippen LogP contribution in [0.4, 0.5) is 0 Å². The summed E-state index contributed by atoms with van der Waals surface area (Å²) in [6, 6.07) is 3.79. The molecule has 2 heterocycles. The molecule has 0 aliphatic carbocycles. The maximum atomic E-state index is 12.4. The Hall–Kier alpha value is -1.24. The standard InChI is InChI=1S/C18H28N2O3S/c1-4-14(5-2)15(20-8-10-23-11-9-20)12-19-18(22)17-7-6-16(24-17)13(3)21/h6-7,14-15H,4-5,8-12H2,1-3H3,(H,19,22). The molecule has 1 aromatic heterocycles. The minimum atomic E-state index is -0.0864. The molecule has 2 rings (SSSR count). The maximum absolute atomic E-state index is 12.4. The average molecular weight is 353 g/mol. The quantitative estimate of drug-likeness (QED) is 0.731. The smallest absolute Gasteiger partial charge is 0.261 e. The van der Waals surface area contributed by atoms with Crippen LogP contribution < -0.4 is 5.32 Å². The van der Waals surface area contributed by atoms with Crippen molar-refractivity contribution in [3.8, 4) is 0 Å². The molecule has 0 bridgehead atoms. The summed E-state index contributed by atoms with van der Waals surface area (Å²) in [5, 5.41) is 3.08. The van der Waals surface area contributed by atoms with Gasteiger partial charge < -0.3 is 10.1 Å². The Labute approximate surface area is 148 Å². The summed E-state index contributed by atoms with van der Waals surface area (Å²) in [6.45, 7) is 9.95. The van der Waals surface area contributed by atoms with Crippen LogP contribution in [-0.2, 0) is 4.74 Å². The number of thiophene rings is 1. The van der Waals surface area contributed by atoms with E-state index in [0.29, 0.717) is 28.3 Å². The minimum absolute atomic E-state index is 0.00210. The van der Waals surface area contributed by atoms with Gasteiger partial charge in [-0.1, -0.05) is 26.7 Å². The average Bonchev–Trinajstić information content (AvgIpc) is 3.09. The number of nitrogens with one attached hydrogen (secondary N) is 1. The largest absolute Gasteiger partial charge is 0.379 e. The molecule has 1 fully saturated rings. The number of carbonyl (C=O) groups excluding carboxylic acids is 2. The zero-order valence-electron chi connectivity index (χ0n) is 14.8. The highest BCUT2D eigenvalue weighted by molar-refractivity contribution is 7.15. The van der Waals surface area contributed by atoms with E-state index in [0.717, 1.165) is 39.1 Å². The zero-order valence-corrected chi connectivity index (χ0v) is 15.7. The van der Waals surface area contributed by atoms with Crippen LogP contribution in [0.1, 0.15) is 53.0 Å². The zero-order chi connectivity index (χ0) is 17.5. The molecule has 0 radical (unpaired) electrons. The molecule has 0 saturated carbocycles. The van der Waals surface area contributed by atoms with Gasteiger partial charge in [0.2, 0.25) is 0 Å². The van der Waals surface area contributed by atoms with Gasteiger partial charge in [0.1, 0.15) is 0 Å². The van der Waals surface area contributed by atoms with Gasteiger partial charge in [-0.2, -0.15) is 0 Å². The Kier molecular flexibility index (Phi) is 7.40. The normalized spacial score (nSPS) is 17.0. The number of amides is 1. The van der Waals surface area contributed by atoms with Crippen LogP contribution in [0.5, 0.6) is 0 Å².